The van der Waals surface area contributed by atoms with Gasteiger partial charge in [0.05, 0.1) is 11.9 Å². The third kappa shape index (κ3) is 4.87. The Morgan fingerprint density at radius 2 is 1.79 bits per heavy atom. The molecule has 1 amide bonds. The van der Waals surface area contributed by atoms with Gasteiger partial charge >= 0.3 is 0 Å². The van der Waals surface area contributed by atoms with Crippen molar-refractivity contribution < 1.29 is 13.2 Å². The van der Waals surface area contributed by atoms with E-state index in [1.54, 1.807) is 18.2 Å². The molecule has 1 fully saturated rings. The van der Waals surface area contributed by atoms with E-state index in [-0.39, 0.29) is 24.0 Å². The number of piperidine rings is 1. The molecule has 7 heteroatoms. The number of amides is 1. The Kier molecular flexibility index (Phi) is 5.74. The first-order valence-corrected chi connectivity index (χ1v) is 10.2. The van der Waals surface area contributed by atoms with Gasteiger partial charge in [-0.1, -0.05) is 6.07 Å². The number of benzene rings is 1. The minimum atomic E-state index is -3.32. The van der Waals surface area contributed by atoms with Gasteiger partial charge in [-0.05, 0) is 58.2 Å². The van der Waals surface area contributed by atoms with Gasteiger partial charge in [0.15, 0.2) is 0 Å². The van der Waals surface area contributed by atoms with E-state index in [1.807, 2.05) is 17.9 Å². The number of rotatable bonds is 5. The molecular weight excluding hydrogens is 326 g/mol. The van der Waals surface area contributed by atoms with Gasteiger partial charge in [-0.2, -0.15) is 0 Å². The minimum absolute atomic E-state index is 0.0798. The molecule has 2 rings (SSSR count). The quantitative estimate of drug-likeness (QED) is 0.853. The Balaban J connectivity index is 2.07. The van der Waals surface area contributed by atoms with Crippen LogP contribution < -0.4 is 10.0 Å². The van der Waals surface area contributed by atoms with Crippen LogP contribution in [0.1, 0.15) is 40.0 Å². The number of anilines is 2. The number of carbonyl (C=O) groups is 1. The second kappa shape index (κ2) is 7.42. The predicted octanol–water partition coefficient (Wildman–Crippen LogP) is 2.65. The molecule has 134 valence electrons. The molecule has 1 aliphatic rings. The molecule has 0 radical (unpaired) electrons. The number of carbonyl (C=O) groups excluding carboxylic acids is 1. The van der Waals surface area contributed by atoms with Crippen LogP contribution in [-0.2, 0) is 14.8 Å². The first-order chi connectivity index (χ1) is 11.2. The summed E-state index contributed by atoms with van der Waals surface area (Å²) in [5, 5.41) is 3.18. The number of sulfonamides is 1. The van der Waals surface area contributed by atoms with Crippen LogP contribution in [0.15, 0.2) is 24.3 Å². The van der Waals surface area contributed by atoms with Crippen LogP contribution in [0.4, 0.5) is 11.4 Å². The van der Waals surface area contributed by atoms with Gasteiger partial charge in [0, 0.05) is 17.8 Å². The summed E-state index contributed by atoms with van der Waals surface area (Å²) in [4.78, 5) is 14.8. The Morgan fingerprint density at radius 3 is 2.38 bits per heavy atom. The fraction of sp³-hybridized carbons (Fsp3) is 0.588. The second-order valence-electron chi connectivity index (χ2n) is 6.70. The van der Waals surface area contributed by atoms with Gasteiger partial charge in [0.2, 0.25) is 15.9 Å². The molecule has 0 aromatic heterocycles. The summed E-state index contributed by atoms with van der Waals surface area (Å²) in [6.07, 6.45) is 4.35. The van der Waals surface area contributed by atoms with Crippen LogP contribution >= 0.6 is 0 Å². The zero-order chi connectivity index (χ0) is 17.9. The van der Waals surface area contributed by atoms with Gasteiger partial charge in [0.25, 0.3) is 0 Å². The molecule has 0 unspecified atom stereocenters. The molecule has 0 aliphatic carbocycles. The molecule has 1 aliphatic heterocycles. The summed E-state index contributed by atoms with van der Waals surface area (Å²) < 4.78 is 25.1. The van der Waals surface area contributed by atoms with E-state index < -0.39 is 10.0 Å². The molecule has 0 bridgehead atoms. The van der Waals surface area contributed by atoms with Gasteiger partial charge in [-0.25, -0.2) is 8.42 Å². The van der Waals surface area contributed by atoms with E-state index >= 15 is 0 Å². The topological polar surface area (TPSA) is 78.5 Å². The van der Waals surface area contributed by atoms with Gasteiger partial charge in [0.1, 0.15) is 6.04 Å². The summed E-state index contributed by atoms with van der Waals surface area (Å²) in [5.41, 5.74) is 1.18. The fourth-order valence-corrected chi connectivity index (χ4v) is 3.83. The van der Waals surface area contributed by atoms with E-state index in [1.165, 1.54) is 0 Å². The maximum Gasteiger partial charge on any atom is 0.245 e. The lowest BCUT2D eigenvalue weighted by molar-refractivity contribution is -0.137. The van der Waals surface area contributed by atoms with Crippen molar-refractivity contribution in [3.63, 3.8) is 0 Å². The lowest BCUT2D eigenvalue weighted by Gasteiger charge is -2.40. The molecule has 0 spiro atoms. The Morgan fingerprint density at radius 1 is 1.21 bits per heavy atom. The van der Waals surface area contributed by atoms with Gasteiger partial charge < -0.3 is 10.2 Å². The second-order valence-corrected chi connectivity index (χ2v) is 8.44. The SMILES string of the molecule is C[C@@H]1CCC[C@H](C)N1C(=O)[C@@H](C)Nc1cccc(NS(C)(=O)=O)c1. The molecule has 1 aromatic carbocycles. The monoisotopic (exact) mass is 353 g/mol. The highest BCUT2D eigenvalue weighted by molar-refractivity contribution is 7.92. The van der Waals surface area contributed by atoms with Crippen molar-refractivity contribution in [3.8, 4) is 0 Å². The van der Waals surface area contributed by atoms with E-state index in [0.29, 0.717) is 11.4 Å². The third-order valence-electron chi connectivity index (χ3n) is 4.37. The Hall–Kier alpha value is -1.76. The highest BCUT2D eigenvalue weighted by Gasteiger charge is 2.31. The maximum atomic E-state index is 12.8. The van der Waals surface area contributed by atoms with Crippen molar-refractivity contribution in [2.75, 3.05) is 16.3 Å². The van der Waals surface area contributed by atoms with Gasteiger partial charge in [-0.3, -0.25) is 9.52 Å². The largest absolute Gasteiger partial charge is 0.374 e. The smallest absolute Gasteiger partial charge is 0.245 e. The standard InChI is InChI=1S/C17H27N3O3S/c1-12-7-5-8-13(2)20(12)17(21)14(3)18-15-9-6-10-16(11-15)19-24(4,22)23/h6,9-14,18-19H,5,7-8H2,1-4H3/t12-,13+,14-/m1/s1. The molecule has 1 heterocycles. The molecule has 1 saturated heterocycles. The van der Waals surface area contributed by atoms with Crippen molar-refractivity contribution in [2.45, 2.75) is 58.2 Å². The molecule has 2 N–H and O–H groups in total. The highest BCUT2D eigenvalue weighted by atomic mass is 32.2. The van der Waals surface area contributed by atoms with E-state index in [0.717, 1.165) is 25.5 Å². The lowest BCUT2D eigenvalue weighted by atomic mass is 9.96. The molecule has 1 aromatic rings. The molecule has 6 nitrogen and oxygen atoms in total. The molecular formula is C17H27N3O3S. The zero-order valence-corrected chi connectivity index (χ0v) is 15.6. The number of nitrogens with one attached hydrogen (secondary N) is 2. The first kappa shape index (κ1) is 18.6. The van der Waals surface area contributed by atoms with E-state index in [9.17, 15) is 13.2 Å². The average Bonchev–Trinajstić information content (AvgIpc) is 2.45. The van der Waals surface area contributed by atoms with Gasteiger partial charge in [-0.15, -0.1) is 0 Å². The third-order valence-corrected chi connectivity index (χ3v) is 4.97. The summed E-state index contributed by atoms with van der Waals surface area (Å²) >= 11 is 0. The van der Waals surface area contributed by atoms with Crippen molar-refractivity contribution in [3.05, 3.63) is 24.3 Å². The fourth-order valence-electron chi connectivity index (χ4n) is 3.28. The first-order valence-electron chi connectivity index (χ1n) is 8.34. The van der Waals surface area contributed by atoms with Crippen LogP contribution in [0.5, 0.6) is 0 Å². The van der Waals surface area contributed by atoms with Crippen molar-refractivity contribution in [1.29, 1.82) is 0 Å². The average molecular weight is 353 g/mol. The Labute approximate surface area is 144 Å². The summed E-state index contributed by atoms with van der Waals surface area (Å²) in [6.45, 7) is 6.03. The lowest BCUT2D eigenvalue weighted by Crippen LogP contribution is -2.52. The predicted molar refractivity (Wildman–Crippen MR) is 97.6 cm³/mol. The maximum absolute atomic E-state index is 12.8. The van der Waals surface area contributed by atoms with Crippen molar-refractivity contribution in [2.24, 2.45) is 0 Å². The molecule has 3 atom stereocenters. The summed E-state index contributed by atoms with van der Waals surface area (Å²) in [5.74, 6) is 0.0798. The number of hydrogen-bond donors (Lipinski definition) is 2. The van der Waals surface area contributed by atoms with Crippen LogP contribution in [0, 0.1) is 0 Å². The molecule has 0 saturated carbocycles. The van der Waals surface area contributed by atoms with Crippen molar-refractivity contribution >= 4 is 27.3 Å². The highest BCUT2D eigenvalue weighted by Crippen LogP contribution is 2.24. The zero-order valence-electron chi connectivity index (χ0n) is 14.7. The van der Waals surface area contributed by atoms with E-state index in [4.69, 9.17) is 0 Å². The normalized spacial score (nSPS) is 22.8. The van der Waals surface area contributed by atoms with Crippen LogP contribution in [0.25, 0.3) is 0 Å². The summed E-state index contributed by atoms with van der Waals surface area (Å²) in [7, 11) is -3.32. The van der Waals surface area contributed by atoms with Crippen LogP contribution in [0.3, 0.4) is 0 Å². The van der Waals surface area contributed by atoms with E-state index in [2.05, 4.69) is 23.9 Å². The van der Waals surface area contributed by atoms with Crippen molar-refractivity contribution in [1.82, 2.24) is 4.90 Å². The number of nitrogens with zero attached hydrogens (tertiary/aromatic N) is 1. The van der Waals surface area contributed by atoms with Crippen LogP contribution in [0.2, 0.25) is 0 Å². The van der Waals surface area contributed by atoms with Crippen LogP contribution in [-0.4, -0.2) is 43.6 Å². The minimum Gasteiger partial charge on any atom is -0.374 e. The Bertz CT molecular complexity index is 680. The number of likely N-dealkylation sites (tertiary alicyclic amines) is 1. The molecule has 24 heavy (non-hydrogen) atoms. The number of hydrogen-bond acceptors (Lipinski definition) is 4. The summed E-state index contributed by atoms with van der Waals surface area (Å²) in [6, 6.07) is 7.06.